The van der Waals surface area contributed by atoms with E-state index in [0.29, 0.717) is 17.5 Å². The number of esters is 3. The molecule has 6 nitrogen and oxygen atoms in total. The van der Waals surface area contributed by atoms with Crippen LogP contribution in [0.3, 0.4) is 0 Å². The molecule has 0 radical (unpaired) electrons. The van der Waals surface area contributed by atoms with Crippen LogP contribution >= 0.6 is 0 Å². The van der Waals surface area contributed by atoms with Crippen molar-refractivity contribution in [2.75, 3.05) is 19.8 Å². The Hall–Kier alpha value is -3.15. The minimum atomic E-state index is -0.833. The third-order valence-corrected chi connectivity index (χ3v) is 4.37. The number of ether oxygens (including phenoxy) is 3. The van der Waals surface area contributed by atoms with Gasteiger partial charge >= 0.3 is 17.9 Å². The van der Waals surface area contributed by atoms with Gasteiger partial charge in [-0.2, -0.15) is 0 Å². The van der Waals surface area contributed by atoms with Crippen LogP contribution in [0.1, 0.15) is 41.0 Å². The fourth-order valence-electron chi connectivity index (χ4n) is 2.44. The lowest BCUT2D eigenvalue weighted by molar-refractivity contribution is -0.147. The second-order valence-corrected chi connectivity index (χ2v) is 6.52. The third-order valence-electron chi connectivity index (χ3n) is 4.37. The Morgan fingerprint density at radius 2 is 1.11 bits per heavy atom. The van der Waals surface area contributed by atoms with Crippen molar-refractivity contribution in [1.82, 2.24) is 0 Å². The second kappa shape index (κ2) is 10.3. The van der Waals surface area contributed by atoms with Crippen molar-refractivity contribution in [3.63, 3.8) is 0 Å². The molecule has 2 aromatic carbocycles. The van der Waals surface area contributed by atoms with Gasteiger partial charge in [-0.05, 0) is 30.7 Å². The number of hydrogen-bond acceptors (Lipinski definition) is 6. The SMILES string of the molecule is CCC(COC(C)=O)(COC(=O)c1ccccc1)COC(=O)c1ccccc1. The van der Waals surface area contributed by atoms with Crippen LogP contribution in [0.15, 0.2) is 60.7 Å². The maximum absolute atomic E-state index is 12.3. The lowest BCUT2D eigenvalue weighted by Crippen LogP contribution is -2.39. The summed E-state index contributed by atoms with van der Waals surface area (Å²) in [6.07, 6.45) is 0.477. The minimum absolute atomic E-state index is 0.0248. The van der Waals surface area contributed by atoms with Crippen LogP contribution in [0.2, 0.25) is 0 Å². The molecule has 0 aromatic heterocycles. The summed E-state index contributed by atoms with van der Waals surface area (Å²) >= 11 is 0. The molecule has 0 fully saturated rings. The highest BCUT2D eigenvalue weighted by Gasteiger charge is 2.34. The fourth-order valence-corrected chi connectivity index (χ4v) is 2.44. The Balaban J connectivity index is 2.06. The van der Waals surface area contributed by atoms with Crippen molar-refractivity contribution in [3.05, 3.63) is 71.8 Å². The number of carbonyl (C=O) groups excluding carboxylic acids is 3. The summed E-state index contributed by atoms with van der Waals surface area (Å²) < 4.78 is 16.0. The average molecular weight is 384 g/mol. The van der Waals surface area contributed by atoms with E-state index in [-0.39, 0.29) is 19.8 Å². The summed E-state index contributed by atoms with van der Waals surface area (Å²) in [7, 11) is 0. The second-order valence-electron chi connectivity index (χ2n) is 6.52. The van der Waals surface area contributed by atoms with E-state index in [1.54, 1.807) is 60.7 Å². The Kier molecular flexibility index (Phi) is 7.75. The van der Waals surface area contributed by atoms with Crippen molar-refractivity contribution in [3.8, 4) is 0 Å². The molecule has 0 saturated carbocycles. The quantitative estimate of drug-likeness (QED) is 0.485. The molecular weight excluding hydrogens is 360 g/mol. The highest BCUT2D eigenvalue weighted by Crippen LogP contribution is 2.25. The molecule has 0 aliphatic carbocycles. The summed E-state index contributed by atoms with van der Waals surface area (Å²) in [6.45, 7) is 3.03. The van der Waals surface area contributed by atoms with Gasteiger partial charge in [0.1, 0.15) is 19.8 Å². The zero-order chi connectivity index (χ0) is 20.4. The first-order valence-electron chi connectivity index (χ1n) is 9.03. The summed E-state index contributed by atoms with van der Waals surface area (Å²) in [5.41, 5.74) is 0.00290. The van der Waals surface area contributed by atoms with E-state index >= 15 is 0 Å². The van der Waals surface area contributed by atoms with Gasteiger partial charge in [0.15, 0.2) is 0 Å². The number of carbonyl (C=O) groups is 3. The van der Waals surface area contributed by atoms with E-state index in [4.69, 9.17) is 14.2 Å². The Bertz CT molecular complexity index is 730. The van der Waals surface area contributed by atoms with E-state index < -0.39 is 23.3 Å². The standard InChI is InChI=1S/C22H24O6/c1-3-22(14-26-17(2)23,15-27-20(24)18-10-6-4-7-11-18)16-28-21(25)19-12-8-5-9-13-19/h4-13H,3,14-16H2,1-2H3. The van der Waals surface area contributed by atoms with E-state index in [0.717, 1.165) is 0 Å². The van der Waals surface area contributed by atoms with Crippen molar-refractivity contribution >= 4 is 17.9 Å². The number of hydrogen-bond donors (Lipinski definition) is 0. The van der Waals surface area contributed by atoms with Gasteiger partial charge in [0.05, 0.1) is 16.5 Å². The average Bonchev–Trinajstić information content (AvgIpc) is 2.74. The third kappa shape index (κ3) is 6.23. The van der Waals surface area contributed by atoms with E-state index in [1.807, 2.05) is 6.92 Å². The molecule has 0 atom stereocenters. The molecule has 6 heteroatoms. The highest BCUT2D eigenvalue weighted by molar-refractivity contribution is 5.89. The molecule has 2 rings (SSSR count). The lowest BCUT2D eigenvalue weighted by atomic mass is 9.88. The molecule has 0 heterocycles. The van der Waals surface area contributed by atoms with Gasteiger partial charge in [-0.15, -0.1) is 0 Å². The topological polar surface area (TPSA) is 78.9 Å². The molecule has 0 aliphatic heterocycles. The van der Waals surface area contributed by atoms with Gasteiger partial charge < -0.3 is 14.2 Å². The van der Waals surface area contributed by atoms with Gasteiger partial charge in [-0.1, -0.05) is 43.3 Å². The zero-order valence-corrected chi connectivity index (χ0v) is 16.1. The zero-order valence-electron chi connectivity index (χ0n) is 16.1. The van der Waals surface area contributed by atoms with Crippen molar-refractivity contribution < 1.29 is 28.6 Å². The van der Waals surface area contributed by atoms with Gasteiger partial charge in [-0.25, -0.2) is 9.59 Å². The highest BCUT2D eigenvalue weighted by atomic mass is 16.6. The van der Waals surface area contributed by atoms with Crippen LogP contribution in [0.25, 0.3) is 0 Å². The molecule has 148 valence electrons. The van der Waals surface area contributed by atoms with Crippen molar-refractivity contribution in [2.24, 2.45) is 5.41 Å². The van der Waals surface area contributed by atoms with E-state index in [2.05, 4.69) is 0 Å². The molecule has 0 unspecified atom stereocenters. The minimum Gasteiger partial charge on any atom is -0.465 e. The Morgan fingerprint density at radius 3 is 1.46 bits per heavy atom. The van der Waals surface area contributed by atoms with Crippen molar-refractivity contribution in [1.29, 1.82) is 0 Å². The summed E-state index contributed by atoms with van der Waals surface area (Å²) in [5.74, 6) is -1.44. The van der Waals surface area contributed by atoms with Gasteiger partial charge in [-0.3, -0.25) is 4.79 Å². The van der Waals surface area contributed by atoms with Gasteiger partial charge in [0.25, 0.3) is 0 Å². The molecule has 0 saturated heterocycles. The normalized spacial score (nSPS) is 10.8. The van der Waals surface area contributed by atoms with Gasteiger partial charge in [0.2, 0.25) is 0 Å². The molecule has 0 aliphatic rings. The summed E-state index contributed by atoms with van der Waals surface area (Å²) in [6, 6.07) is 17.2. The molecule has 0 amide bonds. The number of rotatable bonds is 9. The molecule has 0 spiro atoms. The van der Waals surface area contributed by atoms with E-state index in [1.165, 1.54) is 6.92 Å². The van der Waals surface area contributed by atoms with Gasteiger partial charge in [0, 0.05) is 6.92 Å². The first kappa shape index (κ1) is 21.2. The van der Waals surface area contributed by atoms with Crippen LogP contribution in [-0.4, -0.2) is 37.7 Å². The maximum atomic E-state index is 12.3. The number of benzene rings is 2. The predicted octanol–water partition coefficient (Wildman–Crippen LogP) is 3.66. The molecule has 28 heavy (non-hydrogen) atoms. The fraction of sp³-hybridized carbons (Fsp3) is 0.318. The predicted molar refractivity (Wildman–Crippen MR) is 103 cm³/mol. The first-order chi connectivity index (χ1) is 13.5. The molecule has 0 bridgehead atoms. The lowest BCUT2D eigenvalue weighted by Gasteiger charge is -2.30. The smallest absolute Gasteiger partial charge is 0.338 e. The molecular formula is C22H24O6. The van der Waals surface area contributed by atoms with E-state index in [9.17, 15) is 14.4 Å². The maximum Gasteiger partial charge on any atom is 0.338 e. The Morgan fingerprint density at radius 1 is 0.714 bits per heavy atom. The van der Waals surface area contributed by atoms with Crippen LogP contribution in [0.5, 0.6) is 0 Å². The van der Waals surface area contributed by atoms with Crippen LogP contribution in [-0.2, 0) is 19.0 Å². The summed E-state index contributed by atoms with van der Waals surface area (Å²) in [4.78, 5) is 35.8. The Labute approximate surface area is 164 Å². The summed E-state index contributed by atoms with van der Waals surface area (Å²) in [5, 5.41) is 0. The molecule has 2 aromatic rings. The van der Waals surface area contributed by atoms with Crippen molar-refractivity contribution in [2.45, 2.75) is 20.3 Å². The van der Waals surface area contributed by atoms with Crippen LogP contribution in [0.4, 0.5) is 0 Å². The monoisotopic (exact) mass is 384 g/mol. The largest absolute Gasteiger partial charge is 0.465 e. The van der Waals surface area contributed by atoms with Crippen LogP contribution < -0.4 is 0 Å². The van der Waals surface area contributed by atoms with Crippen LogP contribution in [0, 0.1) is 5.41 Å². The first-order valence-corrected chi connectivity index (χ1v) is 9.03. The molecule has 0 N–H and O–H groups in total.